The van der Waals surface area contributed by atoms with E-state index in [0.717, 1.165) is 11.3 Å². The summed E-state index contributed by atoms with van der Waals surface area (Å²) in [6.45, 7) is 4.46. The predicted octanol–water partition coefficient (Wildman–Crippen LogP) is 4.64. The molecule has 1 N–H and O–H groups in total. The summed E-state index contributed by atoms with van der Waals surface area (Å²) in [6, 6.07) is 10.9. The van der Waals surface area contributed by atoms with Gasteiger partial charge in [-0.1, -0.05) is 23.7 Å². The molecule has 0 fully saturated rings. The van der Waals surface area contributed by atoms with Gasteiger partial charge in [-0.3, -0.25) is 9.59 Å². The largest absolute Gasteiger partial charge is 0.494 e. The van der Waals surface area contributed by atoms with E-state index in [1.807, 2.05) is 38.1 Å². The molecule has 0 saturated heterocycles. The SMILES string of the molecule is CCOc1ccc(C(C)NC(=O)CCC(=O)c2ccc(Cl)s2)cc1. The van der Waals surface area contributed by atoms with Crippen LogP contribution in [-0.4, -0.2) is 18.3 Å². The lowest BCUT2D eigenvalue weighted by Gasteiger charge is -2.15. The molecular weight excluding hydrogens is 346 g/mol. The number of hydrogen-bond acceptors (Lipinski definition) is 4. The molecule has 128 valence electrons. The Bertz CT molecular complexity index is 697. The molecule has 0 saturated carbocycles. The molecule has 1 amide bonds. The van der Waals surface area contributed by atoms with E-state index >= 15 is 0 Å². The fourth-order valence-corrected chi connectivity index (χ4v) is 3.24. The van der Waals surface area contributed by atoms with Crippen molar-refractivity contribution in [2.24, 2.45) is 0 Å². The van der Waals surface area contributed by atoms with Crippen LogP contribution in [0.1, 0.15) is 48.0 Å². The monoisotopic (exact) mass is 365 g/mol. The molecule has 0 aliphatic rings. The van der Waals surface area contributed by atoms with Crippen molar-refractivity contribution < 1.29 is 14.3 Å². The van der Waals surface area contributed by atoms with E-state index < -0.39 is 0 Å². The van der Waals surface area contributed by atoms with Crippen molar-refractivity contribution >= 4 is 34.6 Å². The van der Waals surface area contributed by atoms with Crippen LogP contribution in [0.15, 0.2) is 36.4 Å². The number of Topliss-reactive ketones (excluding diaryl/α,β-unsaturated/α-hetero) is 1. The highest BCUT2D eigenvalue weighted by atomic mass is 35.5. The van der Waals surface area contributed by atoms with Crippen LogP contribution in [0.3, 0.4) is 0 Å². The van der Waals surface area contributed by atoms with Gasteiger partial charge >= 0.3 is 0 Å². The number of carbonyl (C=O) groups is 2. The van der Waals surface area contributed by atoms with Crippen LogP contribution in [0.4, 0.5) is 0 Å². The summed E-state index contributed by atoms with van der Waals surface area (Å²) in [6.07, 6.45) is 0.342. The number of halogens is 1. The van der Waals surface area contributed by atoms with Crippen molar-refractivity contribution in [3.63, 3.8) is 0 Å². The Kier molecular flexibility index (Phi) is 6.82. The maximum atomic E-state index is 12.0. The highest BCUT2D eigenvalue weighted by Crippen LogP contribution is 2.23. The van der Waals surface area contributed by atoms with E-state index in [4.69, 9.17) is 16.3 Å². The number of ether oxygens (including phenoxy) is 1. The van der Waals surface area contributed by atoms with Gasteiger partial charge < -0.3 is 10.1 Å². The second-order valence-electron chi connectivity index (χ2n) is 5.32. The van der Waals surface area contributed by atoms with E-state index in [-0.39, 0.29) is 30.6 Å². The molecule has 24 heavy (non-hydrogen) atoms. The minimum absolute atomic E-state index is 0.0595. The molecule has 0 radical (unpaired) electrons. The van der Waals surface area contributed by atoms with Crippen molar-refractivity contribution in [1.82, 2.24) is 5.32 Å². The number of ketones is 1. The first-order valence-corrected chi connectivity index (χ1v) is 8.99. The molecular formula is C18H20ClNO3S. The lowest BCUT2D eigenvalue weighted by molar-refractivity contribution is -0.121. The van der Waals surface area contributed by atoms with Gasteiger partial charge in [-0.05, 0) is 43.7 Å². The summed E-state index contributed by atoms with van der Waals surface area (Å²) in [5.74, 6) is 0.600. The lowest BCUT2D eigenvalue weighted by Crippen LogP contribution is -2.26. The molecule has 1 heterocycles. The standard InChI is InChI=1S/C18H20ClNO3S/c1-3-23-14-6-4-13(5-7-14)12(2)20-18(22)11-8-15(21)16-9-10-17(19)24-16/h4-7,9-10,12H,3,8,11H2,1-2H3,(H,20,22). The third-order valence-corrected chi connectivity index (χ3v) is 4.77. The van der Waals surface area contributed by atoms with E-state index in [9.17, 15) is 9.59 Å². The van der Waals surface area contributed by atoms with Gasteiger partial charge in [0, 0.05) is 12.8 Å². The van der Waals surface area contributed by atoms with Crippen LogP contribution >= 0.6 is 22.9 Å². The average Bonchev–Trinajstić information content (AvgIpc) is 3.00. The fraction of sp³-hybridized carbons (Fsp3) is 0.333. The molecule has 2 rings (SSSR count). The van der Waals surface area contributed by atoms with Crippen molar-refractivity contribution in [2.75, 3.05) is 6.61 Å². The summed E-state index contributed by atoms with van der Waals surface area (Å²) in [4.78, 5) is 24.6. The van der Waals surface area contributed by atoms with E-state index in [0.29, 0.717) is 15.8 Å². The van der Waals surface area contributed by atoms with Crippen LogP contribution in [0, 0.1) is 0 Å². The number of carbonyl (C=O) groups excluding carboxylic acids is 2. The smallest absolute Gasteiger partial charge is 0.220 e. The second kappa shape index (κ2) is 8.85. The van der Waals surface area contributed by atoms with Crippen LogP contribution in [0.25, 0.3) is 0 Å². The molecule has 0 aliphatic heterocycles. The number of hydrogen-bond donors (Lipinski definition) is 1. The van der Waals surface area contributed by atoms with Crippen LogP contribution in [-0.2, 0) is 4.79 Å². The Morgan fingerprint density at radius 2 is 1.88 bits per heavy atom. The Morgan fingerprint density at radius 3 is 2.46 bits per heavy atom. The molecule has 1 aromatic carbocycles. The van der Waals surface area contributed by atoms with Crippen molar-refractivity contribution in [2.45, 2.75) is 32.7 Å². The quantitative estimate of drug-likeness (QED) is 0.693. The van der Waals surface area contributed by atoms with Gasteiger partial charge in [-0.15, -0.1) is 11.3 Å². The maximum Gasteiger partial charge on any atom is 0.220 e. The molecule has 1 unspecified atom stereocenters. The van der Waals surface area contributed by atoms with Gasteiger partial charge in [-0.2, -0.15) is 0 Å². The average molecular weight is 366 g/mol. The van der Waals surface area contributed by atoms with Crippen LogP contribution in [0.2, 0.25) is 4.34 Å². The zero-order chi connectivity index (χ0) is 17.5. The van der Waals surface area contributed by atoms with Gasteiger partial charge in [0.25, 0.3) is 0 Å². The lowest BCUT2D eigenvalue weighted by atomic mass is 10.1. The van der Waals surface area contributed by atoms with Gasteiger partial charge in [0.1, 0.15) is 5.75 Å². The first-order valence-electron chi connectivity index (χ1n) is 7.80. The van der Waals surface area contributed by atoms with Crippen molar-refractivity contribution in [3.8, 4) is 5.75 Å². The Hall–Kier alpha value is -1.85. The van der Waals surface area contributed by atoms with Gasteiger partial charge in [0.15, 0.2) is 5.78 Å². The fourth-order valence-electron chi connectivity index (χ4n) is 2.23. The molecule has 0 bridgehead atoms. The molecule has 0 aliphatic carbocycles. The Morgan fingerprint density at radius 1 is 1.17 bits per heavy atom. The number of rotatable bonds is 8. The van der Waals surface area contributed by atoms with Crippen molar-refractivity contribution in [1.29, 1.82) is 0 Å². The van der Waals surface area contributed by atoms with Gasteiger partial charge in [0.2, 0.25) is 5.91 Å². The minimum atomic E-state index is -0.146. The summed E-state index contributed by atoms with van der Waals surface area (Å²) in [5, 5.41) is 2.91. The Labute approximate surface area is 150 Å². The summed E-state index contributed by atoms with van der Waals surface area (Å²) >= 11 is 7.05. The minimum Gasteiger partial charge on any atom is -0.494 e. The van der Waals surface area contributed by atoms with Crippen LogP contribution < -0.4 is 10.1 Å². The van der Waals surface area contributed by atoms with Gasteiger partial charge in [0.05, 0.1) is 21.9 Å². The number of nitrogens with one attached hydrogen (secondary N) is 1. The zero-order valence-corrected chi connectivity index (χ0v) is 15.2. The molecule has 0 spiro atoms. The summed E-state index contributed by atoms with van der Waals surface area (Å²) in [7, 11) is 0. The maximum absolute atomic E-state index is 12.0. The first kappa shape index (κ1) is 18.5. The summed E-state index contributed by atoms with van der Waals surface area (Å²) in [5.41, 5.74) is 0.989. The first-order chi connectivity index (χ1) is 11.5. The predicted molar refractivity (Wildman–Crippen MR) is 97.1 cm³/mol. The van der Waals surface area contributed by atoms with Crippen LogP contribution in [0.5, 0.6) is 5.75 Å². The molecule has 1 aromatic heterocycles. The van der Waals surface area contributed by atoms with E-state index in [2.05, 4.69) is 5.32 Å². The topological polar surface area (TPSA) is 55.4 Å². The summed E-state index contributed by atoms with van der Waals surface area (Å²) < 4.78 is 5.97. The molecule has 2 aromatic rings. The zero-order valence-electron chi connectivity index (χ0n) is 13.7. The van der Waals surface area contributed by atoms with E-state index in [1.165, 1.54) is 11.3 Å². The molecule has 4 nitrogen and oxygen atoms in total. The third kappa shape index (κ3) is 5.35. The number of benzene rings is 1. The molecule has 1 atom stereocenters. The third-order valence-electron chi connectivity index (χ3n) is 3.50. The number of thiophene rings is 1. The molecule has 6 heteroatoms. The highest BCUT2D eigenvalue weighted by Gasteiger charge is 2.14. The highest BCUT2D eigenvalue weighted by molar-refractivity contribution is 7.18. The van der Waals surface area contributed by atoms with E-state index in [1.54, 1.807) is 12.1 Å². The number of amides is 1. The van der Waals surface area contributed by atoms with Crippen molar-refractivity contribution in [3.05, 3.63) is 51.2 Å². The Balaban J connectivity index is 1.81. The second-order valence-corrected chi connectivity index (χ2v) is 7.03. The van der Waals surface area contributed by atoms with Gasteiger partial charge in [-0.25, -0.2) is 0 Å². The normalized spacial score (nSPS) is 11.8.